The zero-order valence-corrected chi connectivity index (χ0v) is 15.5. The van der Waals surface area contributed by atoms with Crippen molar-refractivity contribution < 1.29 is 14.3 Å². The minimum absolute atomic E-state index is 0.133. The molecule has 0 saturated heterocycles. The van der Waals surface area contributed by atoms with Gasteiger partial charge in [0.05, 0.1) is 24.0 Å². The predicted octanol–water partition coefficient (Wildman–Crippen LogP) is 3.91. The lowest BCUT2D eigenvalue weighted by Gasteiger charge is -2.12. The van der Waals surface area contributed by atoms with E-state index < -0.39 is 0 Å². The van der Waals surface area contributed by atoms with E-state index >= 15 is 0 Å². The summed E-state index contributed by atoms with van der Waals surface area (Å²) in [6.45, 7) is 0. The minimum atomic E-state index is -0.286. The quantitative estimate of drug-likeness (QED) is 0.656. The largest absolute Gasteiger partial charge is 0.497 e. The molecule has 2 aromatic carbocycles. The van der Waals surface area contributed by atoms with Crippen LogP contribution in [-0.4, -0.2) is 23.9 Å². The number of hydrogen-bond acceptors (Lipinski definition) is 4. The van der Waals surface area contributed by atoms with E-state index in [2.05, 4.69) is 15.6 Å². The first kappa shape index (κ1) is 19.1. The SMILES string of the molecule is COc1cccc(CCC(=O)Nc2ccccc2NC(=O)c2cccnc2)c1. The molecule has 0 bridgehead atoms. The van der Waals surface area contributed by atoms with Crippen LogP contribution in [0.4, 0.5) is 11.4 Å². The Morgan fingerprint density at radius 2 is 1.75 bits per heavy atom. The van der Waals surface area contributed by atoms with E-state index in [0.717, 1.165) is 11.3 Å². The van der Waals surface area contributed by atoms with Crippen LogP contribution in [0.15, 0.2) is 73.1 Å². The molecule has 6 nitrogen and oxygen atoms in total. The van der Waals surface area contributed by atoms with Gasteiger partial charge in [-0.1, -0.05) is 24.3 Å². The van der Waals surface area contributed by atoms with Crippen LogP contribution in [0, 0.1) is 0 Å². The molecule has 0 atom stereocenters. The van der Waals surface area contributed by atoms with E-state index in [1.807, 2.05) is 24.3 Å². The van der Waals surface area contributed by atoms with Gasteiger partial charge in [0, 0.05) is 18.8 Å². The first-order valence-electron chi connectivity index (χ1n) is 8.89. The molecule has 3 aromatic rings. The number of nitrogens with one attached hydrogen (secondary N) is 2. The standard InChI is InChI=1S/C22H21N3O3/c1-28-18-8-4-6-16(14-18)11-12-21(26)24-19-9-2-3-10-20(19)25-22(27)17-7-5-13-23-15-17/h2-10,13-15H,11-12H2,1H3,(H,24,26)(H,25,27). The van der Waals surface area contributed by atoms with Gasteiger partial charge in [-0.05, 0) is 48.4 Å². The summed E-state index contributed by atoms with van der Waals surface area (Å²) in [5, 5.41) is 5.68. The zero-order chi connectivity index (χ0) is 19.8. The van der Waals surface area contributed by atoms with Gasteiger partial charge in [0.25, 0.3) is 5.91 Å². The summed E-state index contributed by atoms with van der Waals surface area (Å²) in [7, 11) is 1.61. The van der Waals surface area contributed by atoms with E-state index in [9.17, 15) is 9.59 Å². The van der Waals surface area contributed by atoms with Gasteiger partial charge in [0.2, 0.25) is 5.91 Å². The number of hydrogen-bond donors (Lipinski definition) is 2. The lowest BCUT2D eigenvalue weighted by atomic mass is 10.1. The van der Waals surface area contributed by atoms with Crippen LogP contribution in [0.2, 0.25) is 0 Å². The van der Waals surface area contributed by atoms with Crippen molar-refractivity contribution in [2.45, 2.75) is 12.8 Å². The molecule has 0 aliphatic heterocycles. The van der Waals surface area contributed by atoms with E-state index in [-0.39, 0.29) is 11.8 Å². The number of benzene rings is 2. The summed E-state index contributed by atoms with van der Waals surface area (Å²) in [5.41, 5.74) is 2.55. The summed E-state index contributed by atoms with van der Waals surface area (Å²) in [5.74, 6) is 0.346. The van der Waals surface area contributed by atoms with Gasteiger partial charge in [0.1, 0.15) is 5.75 Å². The fraction of sp³-hybridized carbons (Fsp3) is 0.136. The Hall–Kier alpha value is -3.67. The van der Waals surface area contributed by atoms with Crippen molar-refractivity contribution in [1.29, 1.82) is 0 Å². The number of methoxy groups -OCH3 is 1. The molecule has 28 heavy (non-hydrogen) atoms. The molecule has 0 saturated carbocycles. The van der Waals surface area contributed by atoms with Crippen molar-refractivity contribution in [2.75, 3.05) is 17.7 Å². The molecule has 142 valence electrons. The molecular formula is C22H21N3O3. The van der Waals surface area contributed by atoms with Crippen LogP contribution in [0.1, 0.15) is 22.3 Å². The number of para-hydroxylation sites is 2. The molecule has 3 rings (SSSR count). The molecule has 0 aliphatic carbocycles. The van der Waals surface area contributed by atoms with Gasteiger partial charge in [-0.15, -0.1) is 0 Å². The van der Waals surface area contributed by atoms with Crippen LogP contribution in [0.5, 0.6) is 5.75 Å². The molecular weight excluding hydrogens is 354 g/mol. The third kappa shape index (κ3) is 5.17. The van der Waals surface area contributed by atoms with Crippen LogP contribution in [0.3, 0.4) is 0 Å². The van der Waals surface area contributed by atoms with Crippen molar-refractivity contribution in [2.24, 2.45) is 0 Å². The minimum Gasteiger partial charge on any atom is -0.497 e. The first-order valence-corrected chi connectivity index (χ1v) is 8.89. The normalized spacial score (nSPS) is 10.2. The smallest absolute Gasteiger partial charge is 0.257 e. The molecule has 0 aliphatic rings. The number of amides is 2. The average molecular weight is 375 g/mol. The zero-order valence-electron chi connectivity index (χ0n) is 15.5. The summed E-state index contributed by atoms with van der Waals surface area (Å²) >= 11 is 0. The van der Waals surface area contributed by atoms with Crippen LogP contribution >= 0.6 is 0 Å². The Morgan fingerprint density at radius 1 is 0.964 bits per heavy atom. The molecule has 0 fully saturated rings. The monoisotopic (exact) mass is 375 g/mol. The third-order valence-electron chi connectivity index (χ3n) is 4.15. The van der Waals surface area contributed by atoms with Crippen molar-refractivity contribution in [3.8, 4) is 5.75 Å². The number of nitrogens with zero attached hydrogens (tertiary/aromatic N) is 1. The number of carbonyl (C=O) groups excluding carboxylic acids is 2. The second-order valence-electron chi connectivity index (χ2n) is 6.14. The van der Waals surface area contributed by atoms with Crippen molar-refractivity contribution >= 4 is 23.2 Å². The first-order chi connectivity index (χ1) is 13.7. The van der Waals surface area contributed by atoms with Gasteiger partial charge < -0.3 is 15.4 Å². The Morgan fingerprint density at radius 3 is 2.46 bits per heavy atom. The molecule has 0 spiro atoms. The van der Waals surface area contributed by atoms with Gasteiger partial charge >= 0.3 is 0 Å². The summed E-state index contributed by atoms with van der Waals surface area (Å²) in [4.78, 5) is 28.7. The molecule has 2 N–H and O–H groups in total. The predicted molar refractivity (Wildman–Crippen MR) is 109 cm³/mol. The topological polar surface area (TPSA) is 80.3 Å². The molecule has 0 radical (unpaired) electrons. The summed E-state index contributed by atoms with van der Waals surface area (Å²) < 4.78 is 5.20. The number of aromatic nitrogens is 1. The van der Waals surface area contributed by atoms with E-state index in [1.54, 1.807) is 49.7 Å². The number of pyridine rings is 1. The van der Waals surface area contributed by atoms with E-state index in [1.165, 1.54) is 6.20 Å². The van der Waals surface area contributed by atoms with Crippen molar-refractivity contribution in [3.05, 3.63) is 84.2 Å². The third-order valence-corrected chi connectivity index (χ3v) is 4.15. The maximum absolute atomic E-state index is 12.4. The number of rotatable bonds is 7. The van der Waals surface area contributed by atoms with Crippen molar-refractivity contribution in [1.82, 2.24) is 4.98 Å². The maximum atomic E-state index is 12.4. The number of aryl methyl sites for hydroxylation is 1. The Labute approximate surface area is 163 Å². The lowest BCUT2D eigenvalue weighted by Crippen LogP contribution is -2.17. The van der Waals surface area contributed by atoms with Crippen LogP contribution in [0.25, 0.3) is 0 Å². The fourth-order valence-electron chi connectivity index (χ4n) is 2.69. The molecule has 0 unspecified atom stereocenters. The van der Waals surface area contributed by atoms with Gasteiger partial charge in [-0.2, -0.15) is 0 Å². The second-order valence-corrected chi connectivity index (χ2v) is 6.14. The Kier molecular flexibility index (Phi) is 6.36. The van der Waals surface area contributed by atoms with Crippen molar-refractivity contribution in [3.63, 3.8) is 0 Å². The highest BCUT2D eigenvalue weighted by Crippen LogP contribution is 2.22. The Balaban J connectivity index is 1.62. The van der Waals surface area contributed by atoms with E-state index in [0.29, 0.717) is 29.8 Å². The highest BCUT2D eigenvalue weighted by atomic mass is 16.5. The summed E-state index contributed by atoms with van der Waals surface area (Å²) in [6, 6.07) is 18.1. The number of ether oxygens (including phenoxy) is 1. The molecule has 1 heterocycles. The van der Waals surface area contributed by atoms with Crippen LogP contribution in [-0.2, 0) is 11.2 Å². The van der Waals surface area contributed by atoms with Gasteiger partial charge in [0.15, 0.2) is 0 Å². The lowest BCUT2D eigenvalue weighted by molar-refractivity contribution is -0.116. The molecule has 1 aromatic heterocycles. The van der Waals surface area contributed by atoms with Crippen LogP contribution < -0.4 is 15.4 Å². The summed E-state index contributed by atoms with van der Waals surface area (Å²) in [6.07, 6.45) is 4.00. The van der Waals surface area contributed by atoms with Gasteiger partial charge in [-0.3, -0.25) is 14.6 Å². The second kappa shape index (κ2) is 9.32. The van der Waals surface area contributed by atoms with E-state index in [4.69, 9.17) is 4.74 Å². The average Bonchev–Trinajstić information content (AvgIpc) is 2.74. The fourth-order valence-corrected chi connectivity index (χ4v) is 2.69. The Bertz CT molecular complexity index is 958. The van der Waals surface area contributed by atoms with Gasteiger partial charge in [-0.25, -0.2) is 0 Å². The highest BCUT2D eigenvalue weighted by molar-refractivity contribution is 6.07. The molecule has 6 heteroatoms. The number of anilines is 2. The molecule has 2 amide bonds. The highest BCUT2D eigenvalue weighted by Gasteiger charge is 2.11. The maximum Gasteiger partial charge on any atom is 0.257 e. The number of carbonyl (C=O) groups is 2.